The number of aromatic nitrogens is 3. The lowest BCUT2D eigenvalue weighted by Gasteiger charge is -2.10. The molecule has 0 aliphatic heterocycles. The van der Waals surface area contributed by atoms with E-state index >= 15 is 0 Å². The average molecular weight is 348 g/mol. The van der Waals surface area contributed by atoms with Crippen LogP contribution in [0.4, 0.5) is 13.2 Å². The Morgan fingerprint density at radius 3 is 2.50 bits per heavy atom. The van der Waals surface area contributed by atoms with E-state index in [0.717, 1.165) is 0 Å². The van der Waals surface area contributed by atoms with Crippen molar-refractivity contribution >= 4 is 21.9 Å². The molecule has 0 aliphatic carbocycles. The topological polar surface area (TPSA) is 76.0 Å². The molecule has 2 aromatic rings. The van der Waals surface area contributed by atoms with Gasteiger partial charge in [0.25, 0.3) is 0 Å². The maximum atomic E-state index is 12.8. The van der Waals surface area contributed by atoms with Crippen molar-refractivity contribution in [1.82, 2.24) is 15.0 Å². The number of carboxylic acid groups (broad SMARTS) is 1. The summed E-state index contributed by atoms with van der Waals surface area (Å²) in [5.41, 5.74) is -2.25. The standard InChI is InChI=1S/C11H5BrF3N3O2/c12-6-1-5(2-16-3-6)9-17-4-7(10(19)20)8(18-9)11(13,14)15/h1-4H,(H,19,20). The van der Waals surface area contributed by atoms with Crippen molar-refractivity contribution < 1.29 is 23.1 Å². The molecule has 0 aromatic carbocycles. The zero-order chi connectivity index (χ0) is 14.9. The van der Waals surface area contributed by atoms with Gasteiger partial charge in [-0.05, 0) is 22.0 Å². The van der Waals surface area contributed by atoms with Crippen LogP contribution in [0, 0.1) is 0 Å². The molecule has 0 radical (unpaired) electrons. The van der Waals surface area contributed by atoms with Gasteiger partial charge < -0.3 is 5.11 Å². The molecule has 0 bridgehead atoms. The summed E-state index contributed by atoms with van der Waals surface area (Å²) in [5.74, 6) is -1.99. The quantitative estimate of drug-likeness (QED) is 0.903. The first kappa shape index (κ1) is 14.4. The average Bonchev–Trinajstić information content (AvgIpc) is 2.37. The minimum Gasteiger partial charge on any atom is -0.478 e. The molecule has 0 amide bonds. The molecule has 0 unspecified atom stereocenters. The number of pyridine rings is 1. The second kappa shape index (κ2) is 5.16. The number of carbonyl (C=O) groups is 1. The van der Waals surface area contributed by atoms with Crippen LogP contribution in [0.2, 0.25) is 0 Å². The predicted molar refractivity (Wildman–Crippen MR) is 64.9 cm³/mol. The van der Waals surface area contributed by atoms with Crippen LogP contribution in [0.5, 0.6) is 0 Å². The van der Waals surface area contributed by atoms with Crippen molar-refractivity contribution in [1.29, 1.82) is 0 Å². The number of alkyl halides is 3. The van der Waals surface area contributed by atoms with Gasteiger partial charge in [-0.3, -0.25) is 4.98 Å². The van der Waals surface area contributed by atoms with Gasteiger partial charge >= 0.3 is 12.1 Å². The molecule has 0 atom stereocenters. The molecule has 2 aromatic heterocycles. The molecule has 20 heavy (non-hydrogen) atoms. The third-order valence-electron chi connectivity index (χ3n) is 2.25. The SMILES string of the molecule is O=C(O)c1cnc(-c2cncc(Br)c2)nc1C(F)(F)F. The number of carboxylic acids is 1. The Bertz CT molecular complexity index is 676. The van der Waals surface area contributed by atoms with Crippen molar-refractivity contribution in [2.45, 2.75) is 6.18 Å². The van der Waals surface area contributed by atoms with Crippen LogP contribution in [-0.2, 0) is 6.18 Å². The highest BCUT2D eigenvalue weighted by Gasteiger charge is 2.38. The van der Waals surface area contributed by atoms with Crippen molar-refractivity contribution in [2.24, 2.45) is 0 Å². The van der Waals surface area contributed by atoms with Crippen LogP contribution in [0.1, 0.15) is 16.1 Å². The van der Waals surface area contributed by atoms with Gasteiger partial charge in [0, 0.05) is 28.6 Å². The lowest BCUT2D eigenvalue weighted by molar-refractivity contribution is -0.141. The van der Waals surface area contributed by atoms with E-state index in [-0.39, 0.29) is 11.4 Å². The molecule has 0 saturated heterocycles. The number of hydrogen-bond acceptors (Lipinski definition) is 4. The van der Waals surface area contributed by atoms with Gasteiger partial charge in [0.1, 0.15) is 5.56 Å². The van der Waals surface area contributed by atoms with Crippen LogP contribution in [0.15, 0.2) is 29.1 Å². The van der Waals surface area contributed by atoms with Crippen LogP contribution < -0.4 is 0 Å². The Morgan fingerprint density at radius 2 is 1.95 bits per heavy atom. The smallest absolute Gasteiger partial charge is 0.434 e. The van der Waals surface area contributed by atoms with Gasteiger partial charge in [0.2, 0.25) is 0 Å². The molecule has 5 nitrogen and oxygen atoms in total. The maximum Gasteiger partial charge on any atom is 0.434 e. The van der Waals surface area contributed by atoms with E-state index in [1.165, 1.54) is 18.5 Å². The highest BCUT2D eigenvalue weighted by Crippen LogP contribution is 2.31. The van der Waals surface area contributed by atoms with E-state index in [9.17, 15) is 18.0 Å². The Morgan fingerprint density at radius 1 is 1.25 bits per heavy atom. The van der Waals surface area contributed by atoms with Crippen LogP contribution >= 0.6 is 15.9 Å². The second-order valence-corrected chi connectivity index (χ2v) is 4.57. The normalized spacial score (nSPS) is 11.4. The summed E-state index contributed by atoms with van der Waals surface area (Å²) >= 11 is 3.12. The van der Waals surface area contributed by atoms with Crippen molar-refractivity contribution in [3.63, 3.8) is 0 Å². The van der Waals surface area contributed by atoms with Gasteiger partial charge in [0.15, 0.2) is 11.5 Å². The molecule has 0 aliphatic rings. The highest BCUT2D eigenvalue weighted by molar-refractivity contribution is 9.10. The molecule has 2 heterocycles. The molecular weight excluding hydrogens is 343 g/mol. The van der Waals surface area contributed by atoms with E-state index in [1.807, 2.05) is 0 Å². The lowest BCUT2D eigenvalue weighted by Crippen LogP contribution is -2.16. The maximum absolute atomic E-state index is 12.8. The first-order chi connectivity index (χ1) is 9.29. The van der Waals surface area contributed by atoms with Gasteiger partial charge in [-0.15, -0.1) is 0 Å². The fourth-order valence-corrected chi connectivity index (χ4v) is 1.79. The predicted octanol–water partition coefficient (Wildman–Crippen LogP) is 3.02. The van der Waals surface area contributed by atoms with Gasteiger partial charge in [-0.25, -0.2) is 14.8 Å². The number of aromatic carboxylic acids is 1. The Kier molecular flexibility index (Phi) is 3.71. The second-order valence-electron chi connectivity index (χ2n) is 3.65. The fourth-order valence-electron chi connectivity index (χ4n) is 1.43. The highest BCUT2D eigenvalue weighted by atomic mass is 79.9. The molecule has 0 fully saturated rings. The van der Waals surface area contributed by atoms with Crippen LogP contribution in [0.25, 0.3) is 11.4 Å². The van der Waals surface area contributed by atoms with Crippen molar-refractivity contribution in [3.8, 4) is 11.4 Å². The zero-order valence-corrected chi connectivity index (χ0v) is 11.1. The summed E-state index contributed by atoms with van der Waals surface area (Å²) in [6.07, 6.45) is -1.53. The van der Waals surface area contributed by atoms with Crippen molar-refractivity contribution in [3.05, 3.63) is 40.4 Å². The van der Waals surface area contributed by atoms with Crippen molar-refractivity contribution in [2.75, 3.05) is 0 Å². The molecular formula is C11H5BrF3N3O2. The third-order valence-corrected chi connectivity index (χ3v) is 2.68. The Balaban J connectivity index is 2.61. The molecule has 0 spiro atoms. The van der Waals surface area contributed by atoms with Gasteiger partial charge in [-0.1, -0.05) is 0 Å². The zero-order valence-electron chi connectivity index (χ0n) is 9.52. The van der Waals surface area contributed by atoms with E-state index in [0.29, 0.717) is 10.7 Å². The lowest BCUT2D eigenvalue weighted by atomic mass is 10.2. The minimum atomic E-state index is -4.88. The number of hydrogen-bond donors (Lipinski definition) is 1. The molecule has 0 saturated carbocycles. The summed E-state index contributed by atoms with van der Waals surface area (Å²) in [6.45, 7) is 0. The van der Waals surface area contributed by atoms with E-state index in [4.69, 9.17) is 5.11 Å². The number of rotatable bonds is 2. The number of halogens is 4. The van der Waals surface area contributed by atoms with Crippen LogP contribution in [0.3, 0.4) is 0 Å². The summed E-state index contributed by atoms with van der Waals surface area (Å²) in [4.78, 5) is 21.5. The van der Waals surface area contributed by atoms with Gasteiger partial charge in [0.05, 0.1) is 0 Å². The first-order valence-electron chi connectivity index (χ1n) is 5.07. The molecule has 9 heteroatoms. The van der Waals surface area contributed by atoms with E-state index < -0.39 is 23.4 Å². The summed E-state index contributed by atoms with van der Waals surface area (Å²) in [5, 5.41) is 8.73. The van der Waals surface area contributed by atoms with Crippen LogP contribution in [-0.4, -0.2) is 26.0 Å². The minimum absolute atomic E-state index is 0.238. The molecule has 2 rings (SSSR count). The molecule has 104 valence electrons. The number of nitrogens with zero attached hydrogens (tertiary/aromatic N) is 3. The van der Waals surface area contributed by atoms with E-state index in [2.05, 4.69) is 30.9 Å². The summed E-state index contributed by atoms with van der Waals surface area (Å²) < 4.78 is 39.0. The Labute approximate surface area is 118 Å². The summed E-state index contributed by atoms with van der Waals surface area (Å²) in [6, 6.07) is 1.48. The summed E-state index contributed by atoms with van der Waals surface area (Å²) in [7, 11) is 0. The Hall–Kier alpha value is -2.03. The van der Waals surface area contributed by atoms with E-state index in [1.54, 1.807) is 0 Å². The fraction of sp³-hybridized carbons (Fsp3) is 0.0909. The van der Waals surface area contributed by atoms with Gasteiger partial charge in [-0.2, -0.15) is 13.2 Å². The molecule has 1 N–H and O–H groups in total. The third kappa shape index (κ3) is 2.93. The first-order valence-corrected chi connectivity index (χ1v) is 5.87. The monoisotopic (exact) mass is 347 g/mol. The largest absolute Gasteiger partial charge is 0.478 e.